The second-order valence-corrected chi connectivity index (χ2v) is 5.17. The summed E-state index contributed by atoms with van der Waals surface area (Å²) in [5.41, 5.74) is 0.415. The summed E-state index contributed by atoms with van der Waals surface area (Å²) in [6.07, 6.45) is 0.464. The molecule has 1 aromatic carbocycles. The van der Waals surface area contributed by atoms with E-state index in [0.29, 0.717) is 28.7 Å². The zero-order valence-electron chi connectivity index (χ0n) is 9.90. The molecule has 0 bridgehead atoms. The molecule has 1 atom stereocenters. The van der Waals surface area contributed by atoms with E-state index in [9.17, 15) is 9.59 Å². The second-order valence-electron chi connectivity index (χ2n) is 4.32. The summed E-state index contributed by atoms with van der Waals surface area (Å²) in [4.78, 5) is 24.3. The van der Waals surface area contributed by atoms with Gasteiger partial charge in [-0.15, -0.1) is 0 Å². The smallest absolute Gasteiger partial charge is 0.321 e. The summed E-state index contributed by atoms with van der Waals surface area (Å²) in [6, 6.07) is 4.39. The Morgan fingerprint density at radius 2 is 2.11 bits per heavy atom. The number of aliphatic carboxylic acids is 1. The van der Waals surface area contributed by atoms with Gasteiger partial charge >= 0.3 is 12.0 Å². The third-order valence-electron chi connectivity index (χ3n) is 2.99. The molecule has 2 amide bonds. The number of carboxylic acid groups (broad SMARTS) is 1. The molecule has 102 valence electrons. The molecule has 1 heterocycles. The molecule has 0 spiro atoms. The van der Waals surface area contributed by atoms with Crippen LogP contribution in [0.3, 0.4) is 0 Å². The van der Waals surface area contributed by atoms with Crippen LogP contribution in [0.1, 0.15) is 6.42 Å². The van der Waals surface area contributed by atoms with E-state index in [0.717, 1.165) is 0 Å². The molecule has 2 N–H and O–H groups in total. The van der Waals surface area contributed by atoms with Crippen molar-refractivity contribution in [2.45, 2.75) is 6.42 Å². The Labute approximate surface area is 120 Å². The SMILES string of the molecule is O=C(O)C1CCN(C(=O)Nc2cc(Cl)ccc2Cl)C1. The van der Waals surface area contributed by atoms with Crippen molar-refractivity contribution >= 4 is 40.9 Å². The highest BCUT2D eigenvalue weighted by molar-refractivity contribution is 6.35. The van der Waals surface area contributed by atoms with E-state index >= 15 is 0 Å². The lowest BCUT2D eigenvalue weighted by molar-refractivity contribution is -0.141. The van der Waals surface area contributed by atoms with Crippen molar-refractivity contribution in [1.82, 2.24) is 4.90 Å². The summed E-state index contributed by atoms with van der Waals surface area (Å²) in [5.74, 6) is -1.38. The van der Waals surface area contributed by atoms with Crippen LogP contribution in [0.2, 0.25) is 10.0 Å². The van der Waals surface area contributed by atoms with E-state index in [2.05, 4.69) is 5.32 Å². The zero-order valence-corrected chi connectivity index (χ0v) is 11.4. The second kappa shape index (κ2) is 5.67. The van der Waals surface area contributed by atoms with Crippen LogP contribution in [0.15, 0.2) is 18.2 Å². The molecule has 1 aromatic rings. The molecule has 5 nitrogen and oxygen atoms in total. The number of halogens is 2. The molecule has 1 aliphatic heterocycles. The quantitative estimate of drug-likeness (QED) is 0.882. The Kier molecular flexibility index (Phi) is 4.17. The number of anilines is 1. The van der Waals surface area contributed by atoms with Crippen LogP contribution in [0.25, 0.3) is 0 Å². The van der Waals surface area contributed by atoms with Gasteiger partial charge in [0.15, 0.2) is 0 Å². The average molecular weight is 303 g/mol. The Morgan fingerprint density at radius 1 is 1.37 bits per heavy atom. The maximum Gasteiger partial charge on any atom is 0.321 e. The number of rotatable bonds is 2. The first-order valence-corrected chi connectivity index (χ1v) is 6.47. The van der Waals surface area contributed by atoms with Crippen molar-refractivity contribution in [3.8, 4) is 0 Å². The fourth-order valence-corrected chi connectivity index (χ4v) is 2.27. The first-order valence-electron chi connectivity index (χ1n) is 5.71. The minimum Gasteiger partial charge on any atom is -0.481 e. The third kappa shape index (κ3) is 3.30. The van der Waals surface area contributed by atoms with Crippen LogP contribution in [0.5, 0.6) is 0 Å². The van der Waals surface area contributed by atoms with Crippen molar-refractivity contribution in [2.75, 3.05) is 18.4 Å². The van der Waals surface area contributed by atoms with Crippen LogP contribution in [-0.4, -0.2) is 35.1 Å². The highest BCUT2D eigenvalue weighted by atomic mass is 35.5. The van der Waals surface area contributed by atoms with Gasteiger partial charge in [-0.3, -0.25) is 4.79 Å². The summed E-state index contributed by atoms with van der Waals surface area (Å²) in [6.45, 7) is 0.625. The molecule has 0 radical (unpaired) electrons. The maximum atomic E-state index is 12.0. The summed E-state index contributed by atoms with van der Waals surface area (Å²) < 4.78 is 0. The lowest BCUT2D eigenvalue weighted by Gasteiger charge is -2.17. The van der Waals surface area contributed by atoms with Crippen molar-refractivity contribution in [1.29, 1.82) is 0 Å². The Hall–Kier alpha value is -1.46. The molecule has 2 rings (SSSR count). The maximum absolute atomic E-state index is 12.0. The fraction of sp³-hybridized carbons (Fsp3) is 0.333. The van der Waals surface area contributed by atoms with Crippen LogP contribution in [-0.2, 0) is 4.79 Å². The highest BCUT2D eigenvalue weighted by Crippen LogP contribution is 2.26. The molecule has 0 aromatic heterocycles. The van der Waals surface area contributed by atoms with E-state index in [1.165, 1.54) is 4.90 Å². The number of amides is 2. The van der Waals surface area contributed by atoms with E-state index in [1.54, 1.807) is 18.2 Å². The molecular weight excluding hydrogens is 291 g/mol. The topological polar surface area (TPSA) is 69.6 Å². The average Bonchev–Trinajstić information content (AvgIpc) is 2.83. The van der Waals surface area contributed by atoms with Gasteiger partial charge in [0.05, 0.1) is 16.6 Å². The number of likely N-dealkylation sites (tertiary alicyclic amines) is 1. The molecule has 0 aliphatic carbocycles. The first-order chi connectivity index (χ1) is 8.97. The fourth-order valence-electron chi connectivity index (χ4n) is 1.93. The molecule has 1 saturated heterocycles. The van der Waals surface area contributed by atoms with Gasteiger partial charge in [-0.1, -0.05) is 23.2 Å². The van der Waals surface area contributed by atoms with Gasteiger partial charge < -0.3 is 15.3 Å². The van der Waals surface area contributed by atoms with E-state index in [-0.39, 0.29) is 12.6 Å². The van der Waals surface area contributed by atoms with Crippen LogP contribution >= 0.6 is 23.2 Å². The lowest BCUT2D eigenvalue weighted by Crippen LogP contribution is -2.33. The highest BCUT2D eigenvalue weighted by Gasteiger charge is 2.30. The van der Waals surface area contributed by atoms with Gasteiger partial charge in [-0.25, -0.2) is 4.79 Å². The van der Waals surface area contributed by atoms with Crippen molar-refractivity contribution in [3.05, 3.63) is 28.2 Å². The van der Waals surface area contributed by atoms with Crippen LogP contribution in [0.4, 0.5) is 10.5 Å². The number of urea groups is 1. The number of carbonyl (C=O) groups is 2. The van der Waals surface area contributed by atoms with Gasteiger partial charge in [0.25, 0.3) is 0 Å². The van der Waals surface area contributed by atoms with E-state index in [4.69, 9.17) is 28.3 Å². The molecule has 0 saturated carbocycles. The Morgan fingerprint density at radius 3 is 2.74 bits per heavy atom. The van der Waals surface area contributed by atoms with Gasteiger partial charge in [-0.05, 0) is 24.6 Å². The third-order valence-corrected chi connectivity index (χ3v) is 3.56. The van der Waals surface area contributed by atoms with Crippen molar-refractivity contribution in [3.63, 3.8) is 0 Å². The molecule has 19 heavy (non-hydrogen) atoms. The standard InChI is InChI=1S/C12H12Cl2N2O3/c13-8-1-2-9(14)10(5-8)15-12(19)16-4-3-7(6-16)11(17)18/h1-2,5,7H,3-4,6H2,(H,15,19)(H,17,18). The lowest BCUT2D eigenvalue weighted by atomic mass is 10.1. The van der Waals surface area contributed by atoms with Gasteiger partial charge in [0.2, 0.25) is 0 Å². The predicted molar refractivity (Wildman–Crippen MR) is 72.8 cm³/mol. The monoisotopic (exact) mass is 302 g/mol. The van der Waals surface area contributed by atoms with Gasteiger partial charge in [0, 0.05) is 18.1 Å². The zero-order chi connectivity index (χ0) is 14.0. The first kappa shape index (κ1) is 14.0. The minimum absolute atomic E-state index is 0.208. The number of hydrogen-bond acceptors (Lipinski definition) is 2. The molecule has 1 aliphatic rings. The van der Waals surface area contributed by atoms with E-state index < -0.39 is 11.9 Å². The van der Waals surface area contributed by atoms with Crippen LogP contribution < -0.4 is 5.32 Å². The molecule has 7 heteroatoms. The number of nitrogens with one attached hydrogen (secondary N) is 1. The Balaban J connectivity index is 2.02. The largest absolute Gasteiger partial charge is 0.481 e. The van der Waals surface area contributed by atoms with Gasteiger partial charge in [0.1, 0.15) is 0 Å². The summed E-state index contributed by atoms with van der Waals surface area (Å²) in [7, 11) is 0. The normalized spacial score (nSPS) is 18.4. The van der Waals surface area contributed by atoms with Crippen molar-refractivity contribution in [2.24, 2.45) is 5.92 Å². The summed E-state index contributed by atoms with van der Waals surface area (Å²) in [5, 5.41) is 12.4. The molecular formula is C12H12Cl2N2O3. The molecule has 1 unspecified atom stereocenters. The summed E-state index contributed by atoms with van der Waals surface area (Å²) >= 11 is 11.8. The van der Waals surface area contributed by atoms with Crippen LogP contribution in [0, 0.1) is 5.92 Å². The minimum atomic E-state index is -0.879. The number of hydrogen-bond donors (Lipinski definition) is 2. The Bertz CT molecular complexity index is 522. The number of carbonyl (C=O) groups excluding carboxylic acids is 1. The number of benzene rings is 1. The van der Waals surface area contributed by atoms with E-state index in [1.807, 2.05) is 0 Å². The predicted octanol–water partition coefficient (Wildman–Crippen LogP) is 2.93. The van der Waals surface area contributed by atoms with Crippen molar-refractivity contribution < 1.29 is 14.7 Å². The number of nitrogens with zero attached hydrogens (tertiary/aromatic N) is 1. The molecule has 1 fully saturated rings. The van der Waals surface area contributed by atoms with Gasteiger partial charge in [-0.2, -0.15) is 0 Å². The number of carboxylic acids is 1.